The van der Waals surface area contributed by atoms with Gasteiger partial charge in [0.1, 0.15) is 11.6 Å². The van der Waals surface area contributed by atoms with Gasteiger partial charge in [-0.15, -0.1) is 11.8 Å². The van der Waals surface area contributed by atoms with Crippen LogP contribution in [-0.2, 0) is 9.53 Å². The number of rotatable bonds is 5. The Balaban J connectivity index is 1.76. The van der Waals surface area contributed by atoms with E-state index in [4.69, 9.17) is 4.74 Å². The quantitative estimate of drug-likeness (QED) is 0.766. The Labute approximate surface area is 111 Å². The highest BCUT2D eigenvalue weighted by Gasteiger charge is 2.17. The minimum atomic E-state index is -0.249. The highest BCUT2D eigenvalue weighted by Crippen LogP contribution is 2.24. The van der Waals surface area contributed by atoms with Crippen molar-refractivity contribution in [3.63, 3.8) is 0 Å². The molecular formula is C14H17FO2S. The third kappa shape index (κ3) is 4.10. The van der Waals surface area contributed by atoms with Crippen LogP contribution >= 0.6 is 11.8 Å². The van der Waals surface area contributed by atoms with Crippen molar-refractivity contribution in [2.75, 3.05) is 19.0 Å². The molecule has 1 aromatic carbocycles. The van der Waals surface area contributed by atoms with Crippen molar-refractivity contribution in [2.24, 2.45) is 5.92 Å². The second-order valence-electron chi connectivity index (χ2n) is 4.52. The average molecular weight is 268 g/mol. The summed E-state index contributed by atoms with van der Waals surface area (Å²) in [6.45, 7) is 1.52. The van der Waals surface area contributed by atoms with E-state index in [1.54, 1.807) is 18.2 Å². The fourth-order valence-electron chi connectivity index (χ4n) is 2.05. The van der Waals surface area contributed by atoms with Crippen molar-refractivity contribution in [2.45, 2.75) is 24.2 Å². The molecule has 2 rings (SSSR count). The fraction of sp³-hybridized carbons (Fsp3) is 0.500. The van der Waals surface area contributed by atoms with Gasteiger partial charge in [-0.2, -0.15) is 0 Å². The van der Waals surface area contributed by atoms with Crippen LogP contribution in [0.3, 0.4) is 0 Å². The zero-order valence-corrected chi connectivity index (χ0v) is 11.0. The Morgan fingerprint density at radius 2 is 2.06 bits per heavy atom. The summed E-state index contributed by atoms with van der Waals surface area (Å²) in [5.41, 5.74) is 0. The summed E-state index contributed by atoms with van der Waals surface area (Å²) in [6, 6.07) is 6.57. The summed E-state index contributed by atoms with van der Waals surface area (Å²) in [5, 5.41) is 0. The molecule has 0 spiro atoms. The predicted octanol–water partition coefficient (Wildman–Crippen LogP) is 3.30. The topological polar surface area (TPSA) is 26.3 Å². The van der Waals surface area contributed by atoms with Crippen LogP contribution in [0.25, 0.3) is 0 Å². The Hall–Kier alpha value is -0.870. The van der Waals surface area contributed by atoms with E-state index in [1.807, 2.05) is 0 Å². The minimum Gasteiger partial charge on any atom is -0.381 e. The Morgan fingerprint density at radius 1 is 1.33 bits per heavy atom. The van der Waals surface area contributed by atoms with E-state index >= 15 is 0 Å². The molecule has 1 heterocycles. The van der Waals surface area contributed by atoms with Gasteiger partial charge in [0.15, 0.2) is 0 Å². The van der Waals surface area contributed by atoms with Gasteiger partial charge in [-0.25, -0.2) is 4.39 Å². The molecule has 18 heavy (non-hydrogen) atoms. The fourth-order valence-corrected chi connectivity index (χ4v) is 2.87. The van der Waals surface area contributed by atoms with E-state index in [-0.39, 0.29) is 11.6 Å². The monoisotopic (exact) mass is 268 g/mol. The molecule has 1 fully saturated rings. The molecule has 1 aliphatic rings. The van der Waals surface area contributed by atoms with E-state index in [0.29, 0.717) is 23.0 Å². The number of carbonyl (C=O) groups excluding carboxylic acids is 1. The highest BCUT2D eigenvalue weighted by atomic mass is 32.2. The van der Waals surface area contributed by atoms with Gasteiger partial charge in [0, 0.05) is 24.5 Å². The molecule has 98 valence electrons. The highest BCUT2D eigenvalue weighted by molar-refractivity contribution is 8.00. The van der Waals surface area contributed by atoms with Crippen molar-refractivity contribution in [1.82, 2.24) is 0 Å². The first-order valence-corrected chi connectivity index (χ1v) is 7.21. The van der Waals surface area contributed by atoms with Crippen molar-refractivity contribution < 1.29 is 13.9 Å². The lowest BCUT2D eigenvalue weighted by Crippen LogP contribution is -2.19. The molecule has 0 radical (unpaired) electrons. The minimum absolute atomic E-state index is 0.204. The number of benzene rings is 1. The van der Waals surface area contributed by atoms with E-state index in [1.165, 1.54) is 17.8 Å². The van der Waals surface area contributed by atoms with Crippen molar-refractivity contribution in [3.05, 3.63) is 30.1 Å². The van der Waals surface area contributed by atoms with Gasteiger partial charge in [-0.05, 0) is 30.9 Å². The SMILES string of the molecule is O=C(CSc1ccccc1F)CC1CCOCC1. The van der Waals surface area contributed by atoms with Crippen LogP contribution in [0.2, 0.25) is 0 Å². The maximum atomic E-state index is 13.3. The Kier molecular flexibility index (Phi) is 5.20. The Bertz CT molecular complexity index is 403. The number of hydrogen-bond acceptors (Lipinski definition) is 3. The molecule has 0 unspecified atom stereocenters. The van der Waals surface area contributed by atoms with E-state index in [2.05, 4.69) is 0 Å². The van der Waals surface area contributed by atoms with Crippen molar-refractivity contribution in [3.8, 4) is 0 Å². The standard InChI is InChI=1S/C14H17FO2S/c15-13-3-1-2-4-14(13)18-10-12(16)9-11-5-7-17-8-6-11/h1-4,11H,5-10H2. The molecule has 0 amide bonds. The van der Waals surface area contributed by atoms with Gasteiger partial charge in [0.05, 0.1) is 5.75 Å². The normalized spacial score (nSPS) is 16.7. The lowest BCUT2D eigenvalue weighted by molar-refractivity contribution is -0.118. The number of halogens is 1. The Morgan fingerprint density at radius 3 is 2.78 bits per heavy atom. The van der Waals surface area contributed by atoms with Crippen molar-refractivity contribution >= 4 is 17.5 Å². The van der Waals surface area contributed by atoms with Gasteiger partial charge in [-0.1, -0.05) is 12.1 Å². The van der Waals surface area contributed by atoms with Gasteiger partial charge >= 0.3 is 0 Å². The third-order valence-corrected chi connectivity index (χ3v) is 4.19. The van der Waals surface area contributed by atoms with Gasteiger partial charge in [0.2, 0.25) is 0 Å². The molecule has 0 aromatic heterocycles. The summed E-state index contributed by atoms with van der Waals surface area (Å²) in [6.07, 6.45) is 2.54. The maximum absolute atomic E-state index is 13.3. The van der Waals surface area contributed by atoms with Gasteiger partial charge in [-0.3, -0.25) is 4.79 Å². The van der Waals surface area contributed by atoms with Crippen LogP contribution < -0.4 is 0 Å². The first kappa shape index (κ1) is 13.6. The number of ether oxygens (including phenoxy) is 1. The van der Waals surface area contributed by atoms with Gasteiger partial charge in [0.25, 0.3) is 0 Å². The molecule has 1 aromatic rings. The summed E-state index contributed by atoms with van der Waals surface area (Å²) < 4.78 is 18.6. The van der Waals surface area contributed by atoms with Crippen LogP contribution in [0.5, 0.6) is 0 Å². The molecule has 0 aliphatic carbocycles. The lowest BCUT2D eigenvalue weighted by Gasteiger charge is -2.21. The summed E-state index contributed by atoms with van der Waals surface area (Å²) >= 11 is 1.29. The number of carbonyl (C=O) groups is 1. The summed E-state index contributed by atoms with van der Waals surface area (Å²) in [7, 11) is 0. The first-order valence-electron chi connectivity index (χ1n) is 6.22. The van der Waals surface area contributed by atoms with Crippen molar-refractivity contribution in [1.29, 1.82) is 0 Å². The zero-order chi connectivity index (χ0) is 12.8. The molecule has 0 saturated carbocycles. The zero-order valence-electron chi connectivity index (χ0n) is 10.2. The molecule has 0 bridgehead atoms. The molecule has 4 heteroatoms. The lowest BCUT2D eigenvalue weighted by atomic mass is 9.95. The summed E-state index contributed by atoms with van der Waals surface area (Å²) in [4.78, 5) is 12.4. The smallest absolute Gasteiger partial charge is 0.143 e. The number of ketones is 1. The second kappa shape index (κ2) is 6.90. The molecule has 2 nitrogen and oxygen atoms in total. The number of Topliss-reactive ketones (excluding diaryl/α,β-unsaturated/α-hetero) is 1. The van der Waals surface area contributed by atoms with Crippen LogP contribution in [0.15, 0.2) is 29.2 Å². The van der Waals surface area contributed by atoms with E-state index < -0.39 is 0 Å². The third-order valence-electron chi connectivity index (χ3n) is 3.08. The van der Waals surface area contributed by atoms with Crippen LogP contribution in [-0.4, -0.2) is 24.7 Å². The average Bonchev–Trinajstić information content (AvgIpc) is 2.39. The molecule has 0 atom stereocenters. The molecule has 0 N–H and O–H groups in total. The summed E-state index contributed by atoms with van der Waals surface area (Å²) in [5.74, 6) is 0.766. The molecule has 1 aliphatic heterocycles. The van der Waals surface area contributed by atoms with Gasteiger partial charge < -0.3 is 4.74 Å². The van der Waals surface area contributed by atoms with Crippen LogP contribution in [0.4, 0.5) is 4.39 Å². The maximum Gasteiger partial charge on any atom is 0.143 e. The first-order chi connectivity index (χ1) is 8.75. The molecule has 1 saturated heterocycles. The van der Waals surface area contributed by atoms with E-state index in [9.17, 15) is 9.18 Å². The predicted molar refractivity (Wildman–Crippen MR) is 70.3 cm³/mol. The molecular weight excluding hydrogens is 251 g/mol. The largest absolute Gasteiger partial charge is 0.381 e. The van der Waals surface area contributed by atoms with Crippen LogP contribution in [0.1, 0.15) is 19.3 Å². The second-order valence-corrected chi connectivity index (χ2v) is 5.53. The number of hydrogen-bond donors (Lipinski definition) is 0. The number of thioether (sulfide) groups is 1. The van der Waals surface area contributed by atoms with E-state index in [0.717, 1.165) is 26.1 Å². The van der Waals surface area contributed by atoms with Crippen LogP contribution in [0, 0.1) is 11.7 Å².